The molecule has 1 amide bonds. The van der Waals surface area contributed by atoms with Gasteiger partial charge in [-0.05, 0) is 36.5 Å². The molecule has 0 N–H and O–H groups in total. The van der Waals surface area contributed by atoms with Crippen LogP contribution < -0.4 is 0 Å². The van der Waals surface area contributed by atoms with Crippen molar-refractivity contribution in [2.24, 2.45) is 0 Å². The van der Waals surface area contributed by atoms with Crippen LogP contribution in [0.4, 0.5) is 8.78 Å². The summed E-state index contributed by atoms with van der Waals surface area (Å²) in [5, 5.41) is 3.68. The summed E-state index contributed by atoms with van der Waals surface area (Å²) >= 11 is 0. The van der Waals surface area contributed by atoms with Crippen LogP contribution in [0.1, 0.15) is 34.6 Å². The largest absolute Gasteiger partial charge is 0.335 e. The number of aromatic nitrogens is 2. The summed E-state index contributed by atoms with van der Waals surface area (Å²) in [6.45, 7) is 0.127. The van der Waals surface area contributed by atoms with Gasteiger partial charge in [-0.2, -0.15) is 13.9 Å². The molecule has 1 saturated heterocycles. The molecule has 1 aliphatic heterocycles. The molecule has 5 nitrogen and oxygen atoms in total. The van der Waals surface area contributed by atoms with Crippen LogP contribution >= 0.6 is 0 Å². The van der Waals surface area contributed by atoms with Gasteiger partial charge in [-0.1, -0.05) is 24.3 Å². The molecule has 0 spiro atoms. The third-order valence-corrected chi connectivity index (χ3v) is 5.47. The van der Waals surface area contributed by atoms with Crippen LogP contribution in [-0.2, 0) is 12.8 Å². The SMILES string of the molecule is O=C(c1ccn(C(F)F)n1)N1CCN([C@@H]2CCc3ccccc3C2)CC1. The van der Waals surface area contributed by atoms with Crippen LogP contribution in [0, 0.1) is 0 Å². The fourth-order valence-electron chi connectivity index (χ4n) is 4.00. The van der Waals surface area contributed by atoms with Crippen LogP contribution in [0.2, 0.25) is 0 Å². The number of hydrogen-bond donors (Lipinski definition) is 0. The molecule has 1 aromatic carbocycles. The van der Waals surface area contributed by atoms with Gasteiger partial charge in [-0.3, -0.25) is 9.69 Å². The molecule has 4 rings (SSSR count). The van der Waals surface area contributed by atoms with E-state index in [9.17, 15) is 13.6 Å². The Morgan fingerprint density at radius 1 is 1.08 bits per heavy atom. The highest BCUT2D eigenvalue weighted by Gasteiger charge is 2.29. The predicted molar refractivity (Wildman–Crippen MR) is 93.2 cm³/mol. The fraction of sp³-hybridized carbons (Fsp3) is 0.474. The molecule has 2 aliphatic rings. The van der Waals surface area contributed by atoms with Crippen molar-refractivity contribution in [2.45, 2.75) is 31.9 Å². The number of amides is 1. The van der Waals surface area contributed by atoms with E-state index >= 15 is 0 Å². The lowest BCUT2D eigenvalue weighted by Crippen LogP contribution is -2.53. The summed E-state index contributed by atoms with van der Waals surface area (Å²) in [6, 6.07) is 10.5. The van der Waals surface area contributed by atoms with Gasteiger partial charge in [0, 0.05) is 38.4 Å². The number of halogens is 2. The molecular formula is C19H22F2N4O. The second kappa shape index (κ2) is 7.15. The first-order chi connectivity index (χ1) is 12.6. The molecule has 138 valence electrons. The monoisotopic (exact) mass is 360 g/mol. The highest BCUT2D eigenvalue weighted by Crippen LogP contribution is 2.25. The fourth-order valence-corrected chi connectivity index (χ4v) is 4.00. The predicted octanol–water partition coefficient (Wildman–Crippen LogP) is 2.59. The van der Waals surface area contributed by atoms with E-state index in [1.165, 1.54) is 17.2 Å². The van der Waals surface area contributed by atoms with Crippen LogP contribution in [0.5, 0.6) is 0 Å². The summed E-state index contributed by atoms with van der Waals surface area (Å²) in [5.41, 5.74) is 2.97. The first-order valence-electron chi connectivity index (χ1n) is 9.05. The van der Waals surface area contributed by atoms with Gasteiger partial charge >= 0.3 is 6.55 Å². The van der Waals surface area contributed by atoms with Crippen LogP contribution in [0.15, 0.2) is 36.5 Å². The standard InChI is InChI=1S/C19H22F2N4O/c20-19(21)25-8-7-17(22-25)18(26)24-11-9-23(10-12-24)16-6-5-14-3-1-2-4-15(14)13-16/h1-4,7-8,16,19H,5-6,9-13H2/t16-/m1/s1. The number of piperazine rings is 1. The van der Waals surface area contributed by atoms with E-state index in [-0.39, 0.29) is 11.6 Å². The highest BCUT2D eigenvalue weighted by atomic mass is 19.3. The molecule has 0 unspecified atom stereocenters. The molecule has 1 atom stereocenters. The lowest BCUT2D eigenvalue weighted by Gasteiger charge is -2.41. The molecule has 2 aromatic rings. The number of hydrogen-bond acceptors (Lipinski definition) is 3. The number of aryl methyl sites for hydroxylation is 1. The quantitative estimate of drug-likeness (QED) is 0.845. The van der Waals surface area contributed by atoms with E-state index < -0.39 is 6.55 Å². The minimum atomic E-state index is -2.72. The Hall–Kier alpha value is -2.28. The number of alkyl halides is 2. The summed E-state index contributed by atoms with van der Waals surface area (Å²) in [4.78, 5) is 16.6. The van der Waals surface area contributed by atoms with Gasteiger partial charge in [0.25, 0.3) is 5.91 Å². The van der Waals surface area contributed by atoms with Crippen molar-refractivity contribution in [2.75, 3.05) is 26.2 Å². The maximum atomic E-state index is 12.6. The molecule has 0 bridgehead atoms. The molecule has 26 heavy (non-hydrogen) atoms. The zero-order valence-electron chi connectivity index (χ0n) is 14.5. The van der Waals surface area contributed by atoms with E-state index in [1.54, 1.807) is 4.90 Å². The van der Waals surface area contributed by atoms with Crippen LogP contribution in [0.25, 0.3) is 0 Å². The van der Waals surface area contributed by atoms with Gasteiger partial charge in [0.05, 0.1) is 0 Å². The van der Waals surface area contributed by atoms with Gasteiger partial charge in [0.2, 0.25) is 0 Å². The van der Waals surface area contributed by atoms with E-state index in [2.05, 4.69) is 34.3 Å². The van der Waals surface area contributed by atoms with Gasteiger partial charge in [0.1, 0.15) is 0 Å². The number of carbonyl (C=O) groups is 1. The minimum absolute atomic E-state index is 0.0883. The third-order valence-electron chi connectivity index (χ3n) is 5.47. The molecule has 1 aliphatic carbocycles. The Morgan fingerprint density at radius 3 is 2.50 bits per heavy atom. The van der Waals surface area contributed by atoms with Crippen LogP contribution in [-0.4, -0.2) is 57.7 Å². The number of benzene rings is 1. The van der Waals surface area contributed by atoms with Crippen molar-refractivity contribution < 1.29 is 13.6 Å². The molecule has 1 fully saturated rings. The Kier molecular flexibility index (Phi) is 4.72. The smallest absolute Gasteiger partial charge is 0.333 e. The highest BCUT2D eigenvalue weighted by molar-refractivity contribution is 5.92. The first-order valence-corrected chi connectivity index (χ1v) is 9.05. The average Bonchev–Trinajstić information content (AvgIpc) is 3.18. The van der Waals surface area contributed by atoms with Crippen molar-refractivity contribution in [1.82, 2.24) is 19.6 Å². The van der Waals surface area contributed by atoms with Gasteiger partial charge in [-0.25, -0.2) is 4.68 Å². The number of nitrogens with zero attached hydrogens (tertiary/aromatic N) is 4. The van der Waals surface area contributed by atoms with Crippen molar-refractivity contribution in [3.63, 3.8) is 0 Å². The lowest BCUT2D eigenvalue weighted by atomic mass is 9.87. The van der Waals surface area contributed by atoms with Crippen LogP contribution in [0.3, 0.4) is 0 Å². The lowest BCUT2D eigenvalue weighted by molar-refractivity contribution is 0.0504. The summed E-state index contributed by atoms with van der Waals surface area (Å²) in [7, 11) is 0. The van der Waals surface area contributed by atoms with Crippen molar-refractivity contribution >= 4 is 5.91 Å². The number of rotatable bonds is 3. The summed E-state index contributed by atoms with van der Waals surface area (Å²) in [5.74, 6) is -0.266. The molecular weight excluding hydrogens is 338 g/mol. The molecule has 0 saturated carbocycles. The Morgan fingerprint density at radius 2 is 1.81 bits per heavy atom. The van der Waals surface area contributed by atoms with E-state index in [1.807, 2.05) is 0 Å². The molecule has 1 aromatic heterocycles. The third kappa shape index (κ3) is 3.35. The van der Waals surface area contributed by atoms with E-state index in [4.69, 9.17) is 0 Å². The van der Waals surface area contributed by atoms with Gasteiger partial charge in [0.15, 0.2) is 5.69 Å². The second-order valence-electron chi connectivity index (χ2n) is 6.95. The maximum absolute atomic E-state index is 12.6. The molecule has 2 heterocycles. The summed E-state index contributed by atoms with van der Waals surface area (Å²) in [6.07, 6.45) is 4.45. The van der Waals surface area contributed by atoms with Gasteiger partial charge in [-0.15, -0.1) is 0 Å². The number of fused-ring (bicyclic) bond motifs is 1. The topological polar surface area (TPSA) is 41.4 Å². The zero-order chi connectivity index (χ0) is 18.1. The Balaban J connectivity index is 1.35. The van der Waals surface area contributed by atoms with Crippen molar-refractivity contribution in [1.29, 1.82) is 0 Å². The first kappa shape index (κ1) is 17.1. The van der Waals surface area contributed by atoms with Gasteiger partial charge < -0.3 is 4.90 Å². The minimum Gasteiger partial charge on any atom is -0.335 e. The molecule has 0 radical (unpaired) electrons. The maximum Gasteiger partial charge on any atom is 0.333 e. The van der Waals surface area contributed by atoms with E-state index in [0.717, 1.165) is 38.5 Å². The Labute approximate surface area is 151 Å². The number of carbonyl (C=O) groups excluding carboxylic acids is 1. The molecule has 7 heteroatoms. The van der Waals surface area contributed by atoms with E-state index in [0.29, 0.717) is 23.8 Å². The van der Waals surface area contributed by atoms with Crippen molar-refractivity contribution in [3.8, 4) is 0 Å². The Bertz CT molecular complexity index is 783. The van der Waals surface area contributed by atoms with Crippen molar-refractivity contribution in [3.05, 3.63) is 53.3 Å². The normalized spacial score (nSPS) is 21.0. The average molecular weight is 360 g/mol. The summed E-state index contributed by atoms with van der Waals surface area (Å²) < 4.78 is 25.8. The second-order valence-corrected chi connectivity index (χ2v) is 6.95. The zero-order valence-corrected chi connectivity index (χ0v) is 14.5.